The lowest BCUT2D eigenvalue weighted by atomic mass is 9.85. The minimum atomic E-state index is 1.10. The number of para-hydroxylation sites is 4. The molecule has 0 spiro atoms. The molecule has 9 aromatic rings. The summed E-state index contributed by atoms with van der Waals surface area (Å²) in [4.78, 5) is 4.61. The Kier molecular flexibility index (Phi) is 9.75. The zero-order valence-corrected chi connectivity index (χ0v) is 31.0. The molecule has 0 saturated heterocycles. The molecule has 0 atom stereocenters. The first kappa shape index (κ1) is 34.4. The van der Waals surface area contributed by atoms with E-state index in [9.17, 15) is 0 Å². The SMILES string of the molecule is c1ccc(-c2cc(-c3ccc(N(c4ccccc4)c4ccccc4)cc3)c(-c3ccccc3)cc2-c2ccc(N(c3ccccc3)c3ccccc3)cc2)cc1. The van der Waals surface area contributed by atoms with Gasteiger partial charge in [0.05, 0.1) is 0 Å². The van der Waals surface area contributed by atoms with Gasteiger partial charge in [0, 0.05) is 34.1 Å². The molecule has 9 rings (SSSR count). The highest BCUT2D eigenvalue weighted by molar-refractivity contribution is 5.96. The van der Waals surface area contributed by atoms with E-state index in [-0.39, 0.29) is 0 Å². The van der Waals surface area contributed by atoms with Crippen molar-refractivity contribution >= 4 is 34.1 Å². The largest absolute Gasteiger partial charge is 0.311 e. The van der Waals surface area contributed by atoms with Crippen LogP contribution in [0.4, 0.5) is 34.1 Å². The lowest BCUT2D eigenvalue weighted by Gasteiger charge is -2.26. The lowest BCUT2D eigenvalue weighted by molar-refractivity contribution is 1.28. The third kappa shape index (κ3) is 7.12. The van der Waals surface area contributed by atoms with Gasteiger partial charge in [-0.2, -0.15) is 0 Å². The van der Waals surface area contributed by atoms with Crippen LogP contribution in [-0.4, -0.2) is 0 Å². The van der Waals surface area contributed by atoms with Crippen molar-refractivity contribution in [2.45, 2.75) is 0 Å². The minimum Gasteiger partial charge on any atom is -0.311 e. The fraction of sp³-hybridized carbons (Fsp3) is 0. The molecular weight excluding hydrogens is 677 g/mol. The zero-order valence-electron chi connectivity index (χ0n) is 31.0. The summed E-state index contributed by atoms with van der Waals surface area (Å²) >= 11 is 0. The van der Waals surface area contributed by atoms with Crippen LogP contribution in [-0.2, 0) is 0 Å². The van der Waals surface area contributed by atoms with E-state index in [4.69, 9.17) is 0 Å². The second-order valence-electron chi connectivity index (χ2n) is 13.8. The van der Waals surface area contributed by atoms with Gasteiger partial charge in [0.15, 0.2) is 0 Å². The van der Waals surface area contributed by atoms with Crippen molar-refractivity contribution in [1.82, 2.24) is 0 Å². The molecule has 56 heavy (non-hydrogen) atoms. The molecule has 0 heterocycles. The van der Waals surface area contributed by atoms with Crippen molar-refractivity contribution in [3.8, 4) is 44.5 Å². The van der Waals surface area contributed by atoms with Crippen LogP contribution in [0, 0.1) is 0 Å². The predicted octanol–water partition coefficient (Wildman–Crippen LogP) is 15.3. The first-order valence-corrected chi connectivity index (χ1v) is 19.1. The van der Waals surface area contributed by atoms with Gasteiger partial charge in [-0.15, -0.1) is 0 Å². The molecule has 0 fully saturated rings. The third-order valence-electron chi connectivity index (χ3n) is 10.3. The van der Waals surface area contributed by atoms with Crippen LogP contribution in [0.1, 0.15) is 0 Å². The Labute approximate surface area is 329 Å². The van der Waals surface area contributed by atoms with Crippen molar-refractivity contribution in [3.05, 3.63) is 243 Å². The van der Waals surface area contributed by atoms with Crippen LogP contribution in [0.2, 0.25) is 0 Å². The first-order valence-electron chi connectivity index (χ1n) is 19.1. The van der Waals surface area contributed by atoms with E-state index in [1.807, 2.05) is 0 Å². The number of anilines is 6. The molecule has 0 unspecified atom stereocenters. The summed E-state index contributed by atoms with van der Waals surface area (Å²) in [7, 11) is 0. The van der Waals surface area contributed by atoms with E-state index in [0.29, 0.717) is 0 Å². The van der Waals surface area contributed by atoms with E-state index < -0.39 is 0 Å². The van der Waals surface area contributed by atoms with Crippen LogP contribution in [0.15, 0.2) is 243 Å². The predicted molar refractivity (Wildman–Crippen MR) is 238 cm³/mol. The number of nitrogens with zero attached hydrogens (tertiary/aromatic N) is 2. The van der Waals surface area contributed by atoms with E-state index in [1.54, 1.807) is 0 Å². The molecule has 0 aromatic heterocycles. The number of benzene rings is 9. The third-order valence-corrected chi connectivity index (χ3v) is 10.3. The smallest absolute Gasteiger partial charge is 0.0462 e. The van der Waals surface area contributed by atoms with Gasteiger partial charge >= 0.3 is 0 Å². The van der Waals surface area contributed by atoms with Crippen LogP contribution in [0.3, 0.4) is 0 Å². The fourth-order valence-corrected chi connectivity index (χ4v) is 7.57. The fourth-order valence-electron chi connectivity index (χ4n) is 7.57. The van der Waals surface area contributed by atoms with E-state index in [0.717, 1.165) is 45.3 Å². The van der Waals surface area contributed by atoms with E-state index in [2.05, 4.69) is 252 Å². The normalized spacial score (nSPS) is 10.9. The average Bonchev–Trinajstić information content (AvgIpc) is 3.29. The summed E-state index contributed by atoms with van der Waals surface area (Å²) < 4.78 is 0. The topological polar surface area (TPSA) is 6.48 Å². The monoisotopic (exact) mass is 716 g/mol. The van der Waals surface area contributed by atoms with Gasteiger partial charge in [0.1, 0.15) is 0 Å². The summed E-state index contributed by atoms with van der Waals surface area (Å²) in [5.74, 6) is 0. The Balaban J connectivity index is 1.18. The van der Waals surface area contributed by atoms with Crippen molar-refractivity contribution in [3.63, 3.8) is 0 Å². The summed E-state index contributed by atoms with van der Waals surface area (Å²) in [6, 6.07) is 86.6. The molecule has 0 saturated carbocycles. The maximum atomic E-state index is 2.39. The second-order valence-corrected chi connectivity index (χ2v) is 13.8. The van der Waals surface area contributed by atoms with Gasteiger partial charge in [-0.25, -0.2) is 0 Å². The Morgan fingerprint density at radius 2 is 0.375 bits per heavy atom. The van der Waals surface area contributed by atoms with Crippen LogP contribution >= 0.6 is 0 Å². The summed E-state index contributed by atoms with van der Waals surface area (Å²) in [6.07, 6.45) is 0. The highest BCUT2D eigenvalue weighted by Gasteiger charge is 2.19. The van der Waals surface area contributed by atoms with Gasteiger partial charge in [0.25, 0.3) is 0 Å². The van der Waals surface area contributed by atoms with Crippen LogP contribution < -0.4 is 9.80 Å². The van der Waals surface area contributed by atoms with Gasteiger partial charge in [-0.05, 0) is 129 Å². The molecule has 0 aliphatic rings. The van der Waals surface area contributed by atoms with Gasteiger partial charge in [-0.3, -0.25) is 0 Å². The Morgan fingerprint density at radius 3 is 0.625 bits per heavy atom. The molecule has 0 N–H and O–H groups in total. The highest BCUT2D eigenvalue weighted by Crippen LogP contribution is 2.44. The van der Waals surface area contributed by atoms with Crippen molar-refractivity contribution in [2.24, 2.45) is 0 Å². The van der Waals surface area contributed by atoms with Gasteiger partial charge in [-0.1, -0.05) is 158 Å². The summed E-state index contributed by atoms with van der Waals surface area (Å²) in [6.45, 7) is 0. The van der Waals surface area contributed by atoms with Gasteiger partial charge in [0.2, 0.25) is 0 Å². The quantitative estimate of drug-likeness (QED) is 0.139. The average molecular weight is 717 g/mol. The molecule has 0 amide bonds. The Bertz CT molecular complexity index is 2360. The molecule has 266 valence electrons. The minimum absolute atomic E-state index is 1.10. The van der Waals surface area contributed by atoms with Crippen molar-refractivity contribution in [2.75, 3.05) is 9.80 Å². The highest BCUT2D eigenvalue weighted by atomic mass is 15.1. The number of hydrogen-bond donors (Lipinski definition) is 0. The van der Waals surface area contributed by atoms with E-state index >= 15 is 0 Å². The Hall–Kier alpha value is -7.42. The van der Waals surface area contributed by atoms with Crippen molar-refractivity contribution in [1.29, 1.82) is 0 Å². The molecule has 0 aliphatic heterocycles. The molecule has 0 radical (unpaired) electrons. The summed E-state index contributed by atoms with van der Waals surface area (Å²) in [5, 5.41) is 0. The lowest BCUT2D eigenvalue weighted by Crippen LogP contribution is -2.09. The number of hydrogen-bond acceptors (Lipinski definition) is 2. The molecule has 9 aromatic carbocycles. The summed E-state index contributed by atoms with van der Waals surface area (Å²) in [5.41, 5.74) is 16.1. The number of rotatable bonds is 10. The second kappa shape index (κ2) is 15.9. The molecule has 2 nitrogen and oxygen atoms in total. The zero-order chi connectivity index (χ0) is 37.5. The molecular formula is C54H40N2. The van der Waals surface area contributed by atoms with Gasteiger partial charge < -0.3 is 9.80 Å². The van der Waals surface area contributed by atoms with E-state index in [1.165, 1.54) is 33.4 Å². The maximum absolute atomic E-state index is 2.39. The molecule has 2 heteroatoms. The molecule has 0 aliphatic carbocycles. The van der Waals surface area contributed by atoms with Crippen LogP contribution in [0.5, 0.6) is 0 Å². The van der Waals surface area contributed by atoms with Crippen molar-refractivity contribution < 1.29 is 0 Å². The molecule has 0 bridgehead atoms. The van der Waals surface area contributed by atoms with Crippen LogP contribution in [0.25, 0.3) is 44.5 Å². The maximum Gasteiger partial charge on any atom is 0.0462 e. The first-order chi connectivity index (χ1) is 27.8. The Morgan fingerprint density at radius 1 is 0.179 bits per heavy atom. The standard InChI is InChI=1S/C54H40N2/c1-7-19-41(20-8-1)51-39-54(44-33-37-50(38-34-44)56(47-27-15-5-16-28-47)48-29-17-6-18-30-48)52(42-21-9-2-10-22-42)40-53(51)43-31-35-49(36-32-43)55(45-23-11-3-12-24-45)46-25-13-4-14-26-46/h1-40H.